The largest absolute Gasteiger partial charge is 0.454 e. The predicted molar refractivity (Wildman–Crippen MR) is 96.1 cm³/mol. The highest BCUT2D eigenvalue weighted by Gasteiger charge is 2.09. The number of hydrogen-bond acceptors (Lipinski definition) is 6. The van der Waals surface area contributed by atoms with E-state index >= 15 is 0 Å². The summed E-state index contributed by atoms with van der Waals surface area (Å²) in [5, 5.41) is 12.3. The second-order valence-electron chi connectivity index (χ2n) is 5.71. The molecule has 0 aliphatic heterocycles. The minimum Gasteiger partial charge on any atom is -0.454 e. The third-order valence-corrected chi connectivity index (χ3v) is 3.88. The summed E-state index contributed by atoms with van der Waals surface area (Å²) >= 11 is 0. The fraction of sp³-hybridized carbons (Fsp3) is 0.158. The zero-order chi connectivity index (χ0) is 16.9. The SMILES string of the molecule is c1cncc(CCCNc2nncc(-c3cc4ccccc4o3)n2)c1. The maximum absolute atomic E-state index is 5.83. The molecule has 4 rings (SSSR count). The zero-order valence-corrected chi connectivity index (χ0v) is 13.6. The Bertz CT molecular complexity index is 935. The van der Waals surface area contributed by atoms with Gasteiger partial charge < -0.3 is 9.73 Å². The van der Waals surface area contributed by atoms with E-state index in [4.69, 9.17) is 4.42 Å². The van der Waals surface area contributed by atoms with Crippen molar-refractivity contribution >= 4 is 16.9 Å². The van der Waals surface area contributed by atoms with Crippen molar-refractivity contribution in [2.75, 3.05) is 11.9 Å². The van der Waals surface area contributed by atoms with Gasteiger partial charge >= 0.3 is 0 Å². The molecule has 0 spiro atoms. The van der Waals surface area contributed by atoms with Crippen LogP contribution in [-0.4, -0.2) is 26.7 Å². The lowest BCUT2D eigenvalue weighted by atomic mass is 10.1. The lowest BCUT2D eigenvalue weighted by Crippen LogP contribution is -2.07. The molecule has 0 unspecified atom stereocenters. The van der Waals surface area contributed by atoms with Gasteiger partial charge in [0.15, 0.2) is 5.76 Å². The van der Waals surface area contributed by atoms with Gasteiger partial charge in [0, 0.05) is 24.3 Å². The van der Waals surface area contributed by atoms with Crippen molar-refractivity contribution in [1.82, 2.24) is 20.2 Å². The molecule has 0 aliphatic carbocycles. The topological polar surface area (TPSA) is 76.7 Å². The second kappa shape index (κ2) is 7.09. The van der Waals surface area contributed by atoms with Crippen LogP contribution in [-0.2, 0) is 6.42 Å². The van der Waals surface area contributed by atoms with Gasteiger partial charge in [0.2, 0.25) is 5.95 Å². The quantitative estimate of drug-likeness (QED) is 0.543. The summed E-state index contributed by atoms with van der Waals surface area (Å²) in [7, 11) is 0. The highest BCUT2D eigenvalue weighted by Crippen LogP contribution is 2.26. The maximum atomic E-state index is 5.83. The van der Waals surface area contributed by atoms with Crippen molar-refractivity contribution < 1.29 is 4.42 Å². The van der Waals surface area contributed by atoms with Crippen LogP contribution in [0.2, 0.25) is 0 Å². The third-order valence-electron chi connectivity index (χ3n) is 3.88. The van der Waals surface area contributed by atoms with E-state index in [9.17, 15) is 0 Å². The lowest BCUT2D eigenvalue weighted by molar-refractivity contribution is 0.627. The van der Waals surface area contributed by atoms with E-state index in [-0.39, 0.29) is 0 Å². The van der Waals surface area contributed by atoms with Gasteiger partial charge in [0.1, 0.15) is 11.3 Å². The molecule has 1 N–H and O–H groups in total. The number of anilines is 1. The number of nitrogens with zero attached hydrogens (tertiary/aromatic N) is 4. The van der Waals surface area contributed by atoms with E-state index in [1.807, 2.05) is 42.6 Å². The van der Waals surface area contributed by atoms with Gasteiger partial charge in [-0.25, -0.2) is 4.98 Å². The van der Waals surface area contributed by atoms with Crippen LogP contribution in [0.15, 0.2) is 65.5 Å². The number of rotatable bonds is 6. The number of nitrogens with one attached hydrogen (secondary N) is 1. The molecule has 0 atom stereocenters. The summed E-state index contributed by atoms with van der Waals surface area (Å²) < 4.78 is 5.83. The number of fused-ring (bicyclic) bond motifs is 1. The van der Waals surface area contributed by atoms with Crippen LogP contribution in [0.25, 0.3) is 22.4 Å². The molecule has 25 heavy (non-hydrogen) atoms. The summed E-state index contributed by atoms with van der Waals surface area (Å²) in [6, 6.07) is 13.9. The van der Waals surface area contributed by atoms with E-state index in [1.165, 1.54) is 5.56 Å². The Labute approximate surface area is 145 Å². The number of pyridine rings is 1. The Morgan fingerprint density at radius 2 is 2.00 bits per heavy atom. The van der Waals surface area contributed by atoms with E-state index in [2.05, 4.69) is 31.5 Å². The monoisotopic (exact) mass is 331 g/mol. The third kappa shape index (κ3) is 3.63. The van der Waals surface area contributed by atoms with Crippen molar-refractivity contribution in [2.45, 2.75) is 12.8 Å². The number of para-hydroxylation sites is 1. The summed E-state index contributed by atoms with van der Waals surface area (Å²) in [5.74, 6) is 1.19. The zero-order valence-electron chi connectivity index (χ0n) is 13.6. The summed E-state index contributed by atoms with van der Waals surface area (Å²) in [6.07, 6.45) is 7.20. The van der Waals surface area contributed by atoms with E-state index in [0.29, 0.717) is 17.4 Å². The molecule has 124 valence electrons. The summed E-state index contributed by atoms with van der Waals surface area (Å²) in [5.41, 5.74) is 2.72. The Morgan fingerprint density at radius 3 is 2.88 bits per heavy atom. The van der Waals surface area contributed by atoms with Gasteiger partial charge in [-0.05, 0) is 36.6 Å². The molecular formula is C19H17N5O. The molecule has 3 aromatic heterocycles. The fourth-order valence-electron chi connectivity index (χ4n) is 2.64. The van der Waals surface area contributed by atoms with Gasteiger partial charge in [-0.2, -0.15) is 5.10 Å². The van der Waals surface area contributed by atoms with Gasteiger partial charge in [-0.3, -0.25) is 4.98 Å². The number of hydrogen-bond donors (Lipinski definition) is 1. The molecule has 0 aliphatic rings. The minimum atomic E-state index is 0.504. The van der Waals surface area contributed by atoms with Crippen LogP contribution >= 0.6 is 0 Å². The van der Waals surface area contributed by atoms with Crippen LogP contribution < -0.4 is 5.32 Å². The molecule has 6 nitrogen and oxygen atoms in total. The van der Waals surface area contributed by atoms with E-state index in [0.717, 1.165) is 30.4 Å². The molecule has 0 amide bonds. The number of aromatic nitrogens is 4. The first-order valence-electron chi connectivity index (χ1n) is 8.20. The molecule has 4 aromatic rings. The molecule has 6 heteroatoms. The van der Waals surface area contributed by atoms with Gasteiger partial charge in [-0.1, -0.05) is 24.3 Å². The summed E-state index contributed by atoms with van der Waals surface area (Å²) in [6.45, 7) is 0.764. The minimum absolute atomic E-state index is 0.504. The van der Waals surface area contributed by atoms with Gasteiger partial charge in [0.25, 0.3) is 0 Å². The molecule has 3 heterocycles. The first kappa shape index (κ1) is 15.3. The van der Waals surface area contributed by atoms with Crippen LogP contribution in [0, 0.1) is 0 Å². The Hall–Kier alpha value is -3.28. The Kier molecular flexibility index (Phi) is 4.33. The van der Waals surface area contributed by atoms with Crippen LogP contribution in [0.5, 0.6) is 0 Å². The molecule has 1 aromatic carbocycles. The highest BCUT2D eigenvalue weighted by molar-refractivity contribution is 5.81. The average Bonchev–Trinajstić information content (AvgIpc) is 3.11. The highest BCUT2D eigenvalue weighted by atomic mass is 16.3. The molecular weight excluding hydrogens is 314 g/mol. The molecule has 0 radical (unpaired) electrons. The normalized spacial score (nSPS) is 10.9. The first-order valence-corrected chi connectivity index (χ1v) is 8.20. The van der Waals surface area contributed by atoms with Crippen LogP contribution in [0.3, 0.4) is 0 Å². The summed E-state index contributed by atoms with van der Waals surface area (Å²) in [4.78, 5) is 8.61. The number of benzene rings is 1. The number of furan rings is 1. The molecule has 0 saturated carbocycles. The molecule has 0 fully saturated rings. The fourth-order valence-corrected chi connectivity index (χ4v) is 2.64. The smallest absolute Gasteiger partial charge is 0.243 e. The maximum Gasteiger partial charge on any atom is 0.243 e. The standard InChI is InChI=1S/C19H17N5O/c1-2-8-17-15(7-1)11-18(25-17)16-13-22-24-19(23-16)21-10-4-6-14-5-3-9-20-12-14/h1-3,5,7-9,11-13H,4,6,10H2,(H,21,23,24). The van der Waals surface area contributed by atoms with Crippen molar-refractivity contribution in [3.63, 3.8) is 0 Å². The van der Waals surface area contributed by atoms with Crippen molar-refractivity contribution in [1.29, 1.82) is 0 Å². The van der Waals surface area contributed by atoms with Crippen molar-refractivity contribution in [3.8, 4) is 11.5 Å². The van der Waals surface area contributed by atoms with Crippen LogP contribution in [0.1, 0.15) is 12.0 Å². The van der Waals surface area contributed by atoms with E-state index < -0.39 is 0 Å². The Balaban J connectivity index is 1.41. The molecule has 0 bridgehead atoms. The first-order chi connectivity index (χ1) is 12.4. The van der Waals surface area contributed by atoms with Crippen molar-refractivity contribution in [2.24, 2.45) is 0 Å². The predicted octanol–water partition coefficient (Wildman–Crippen LogP) is 3.72. The Morgan fingerprint density at radius 1 is 1.04 bits per heavy atom. The van der Waals surface area contributed by atoms with Crippen molar-refractivity contribution in [3.05, 3.63) is 66.6 Å². The number of aryl methyl sites for hydroxylation is 1. The van der Waals surface area contributed by atoms with Gasteiger partial charge in [-0.15, -0.1) is 5.10 Å². The van der Waals surface area contributed by atoms with E-state index in [1.54, 1.807) is 12.4 Å². The second-order valence-corrected chi connectivity index (χ2v) is 5.71. The van der Waals surface area contributed by atoms with Gasteiger partial charge in [0.05, 0.1) is 6.20 Å². The molecule has 0 saturated heterocycles. The van der Waals surface area contributed by atoms with Crippen LogP contribution in [0.4, 0.5) is 5.95 Å². The lowest BCUT2D eigenvalue weighted by Gasteiger charge is -2.05. The average molecular weight is 331 g/mol.